The molecule has 0 aromatic heterocycles. The molecule has 0 saturated heterocycles. The zero-order valence-corrected chi connectivity index (χ0v) is 15.0. The van der Waals surface area contributed by atoms with Gasteiger partial charge in [-0.1, -0.05) is 78.9 Å². The quantitative estimate of drug-likeness (QED) is 0.595. The van der Waals surface area contributed by atoms with Gasteiger partial charge in [-0.2, -0.15) is 0 Å². The molecule has 25 heavy (non-hydrogen) atoms. The third-order valence-electron chi connectivity index (χ3n) is 4.02. The highest BCUT2D eigenvalue weighted by atomic mass is 31.2. The molecule has 0 fully saturated rings. The second-order valence-electron chi connectivity index (χ2n) is 6.17. The van der Waals surface area contributed by atoms with Crippen molar-refractivity contribution in [3.8, 4) is 0 Å². The summed E-state index contributed by atoms with van der Waals surface area (Å²) in [6.07, 6.45) is 7.94. The van der Waals surface area contributed by atoms with Crippen molar-refractivity contribution in [3.63, 3.8) is 0 Å². The number of hydrogen-bond donors (Lipinski definition) is 2. The lowest BCUT2D eigenvalue weighted by atomic mass is 9.95. The highest BCUT2D eigenvalue weighted by molar-refractivity contribution is 7.51. The lowest BCUT2D eigenvalue weighted by Crippen LogP contribution is -2.47. The molecule has 0 aliphatic heterocycles. The van der Waals surface area contributed by atoms with Crippen LogP contribution in [-0.2, 0) is 9.09 Å². The molecule has 1 aliphatic carbocycles. The van der Waals surface area contributed by atoms with Crippen molar-refractivity contribution in [2.24, 2.45) is 0 Å². The molecule has 2 atom stereocenters. The third-order valence-corrected chi connectivity index (χ3v) is 4.69. The SMILES string of the molecule is CP(=O)(O)O[C@]1(NC(c2ccccc2)c2ccccc2)C=CC=CC1. The molecular weight excluding hydrogens is 333 g/mol. The summed E-state index contributed by atoms with van der Waals surface area (Å²) in [5.74, 6) is 0. The lowest BCUT2D eigenvalue weighted by Gasteiger charge is -2.37. The molecule has 0 saturated carbocycles. The number of allylic oxidation sites excluding steroid dienone is 2. The fourth-order valence-electron chi connectivity index (χ4n) is 3.00. The van der Waals surface area contributed by atoms with Crippen LogP contribution in [0.15, 0.2) is 85.0 Å². The summed E-state index contributed by atoms with van der Waals surface area (Å²) in [7, 11) is -3.69. The van der Waals surface area contributed by atoms with Gasteiger partial charge < -0.3 is 4.89 Å². The normalized spacial score (nSPS) is 22.0. The predicted molar refractivity (Wildman–Crippen MR) is 100 cm³/mol. The average molecular weight is 355 g/mol. The maximum atomic E-state index is 12.0. The van der Waals surface area contributed by atoms with Crippen LogP contribution in [0.2, 0.25) is 0 Å². The molecule has 3 rings (SSSR count). The van der Waals surface area contributed by atoms with Crippen molar-refractivity contribution < 1.29 is 14.0 Å². The van der Waals surface area contributed by atoms with Crippen LogP contribution in [0.1, 0.15) is 23.6 Å². The van der Waals surface area contributed by atoms with Crippen molar-refractivity contribution in [2.45, 2.75) is 18.2 Å². The molecule has 130 valence electrons. The van der Waals surface area contributed by atoms with Crippen LogP contribution in [-0.4, -0.2) is 17.3 Å². The van der Waals surface area contributed by atoms with E-state index in [9.17, 15) is 9.46 Å². The Bertz CT molecular complexity index is 759. The summed E-state index contributed by atoms with van der Waals surface area (Å²) in [6.45, 7) is 1.21. The topological polar surface area (TPSA) is 58.6 Å². The maximum Gasteiger partial charge on any atom is 0.327 e. The van der Waals surface area contributed by atoms with Crippen LogP contribution in [0.4, 0.5) is 0 Å². The Morgan fingerprint density at radius 2 is 1.60 bits per heavy atom. The molecule has 0 radical (unpaired) electrons. The Morgan fingerprint density at radius 1 is 1.04 bits per heavy atom. The smallest absolute Gasteiger partial charge is 0.324 e. The summed E-state index contributed by atoms with van der Waals surface area (Å²) < 4.78 is 17.6. The first-order chi connectivity index (χ1) is 12.0. The van der Waals surface area contributed by atoms with Gasteiger partial charge in [0.1, 0.15) is 0 Å². The Kier molecular flexibility index (Phi) is 5.36. The van der Waals surface area contributed by atoms with Gasteiger partial charge in [-0.05, 0) is 17.2 Å². The Balaban J connectivity index is 1.99. The summed E-state index contributed by atoms with van der Waals surface area (Å²) in [4.78, 5) is 9.82. The first-order valence-corrected chi connectivity index (χ1v) is 10.2. The fraction of sp³-hybridized carbons (Fsp3) is 0.200. The minimum Gasteiger partial charge on any atom is -0.324 e. The van der Waals surface area contributed by atoms with Crippen LogP contribution in [0.5, 0.6) is 0 Å². The van der Waals surface area contributed by atoms with Crippen molar-refractivity contribution in [2.75, 3.05) is 6.66 Å². The molecule has 0 bridgehead atoms. The number of hydrogen-bond acceptors (Lipinski definition) is 3. The van der Waals surface area contributed by atoms with Crippen molar-refractivity contribution in [1.29, 1.82) is 0 Å². The third kappa shape index (κ3) is 4.77. The summed E-state index contributed by atoms with van der Waals surface area (Å²) >= 11 is 0. The lowest BCUT2D eigenvalue weighted by molar-refractivity contribution is 0.0634. The highest BCUT2D eigenvalue weighted by Gasteiger charge is 2.36. The van der Waals surface area contributed by atoms with E-state index in [0.29, 0.717) is 6.42 Å². The van der Waals surface area contributed by atoms with Crippen LogP contribution in [0.3, 0.4) is 0 Å². The van der Waals surface area contributed by atoms with E-state index in [0.717, 1.165) is 11.1 Å². The summed E-state index contributed by atoms with van der Waals surface area (Å²) in [6, 6.07) is 19.8. The molecule has 4 nitrogen and oxygen atoms in total. The van der Waals surface area contributed by atoms with E-state index in [2.05, 4.69) is 5.32 Å². The molecule has 0 spiro atoms. The first-order valence-electron chi connectivity index (χ1n) is 8.20. The van der Waals surface area contributed by atoms with E-state index in [1.54, 1.807) is 6.08 Å². The number of benzene rings is 2. The number of rotatable bonds is 6. The molecule has 5 heteroatoms. The van der Waals surface area contributed by atoms with Gasteiger partial charge in [0, 0.05) is 13.1 Å². The van der Waals surface area contributed by atoms with Crippen molar-refractivity contribution >= 4 is 7.60 Å². The van der Waals surface area contributed by atoms with E-state index in [1.165, 1.54) is 6.66 Å². The zero-order chi connectivity index (χ0) is 17.8. The summed E-state index contributed by atoms with van der Waals surface area (Å²) in [5, 5.41) is 3.47. The molecule has 1 unspecified atom stereocenters. The largest absolute Gasteiger partial charge is 0.327 e. The molecular formula is C20H22NO3P. The monoisotopic (exact) mass is 355 g/mol. The fourth-order valence-corrected chi connectivity index (χ4v) is 3.79. The van der Waals surface area contributed by atoms with Gasteiger partial charge >= 0.3 is 7.60 Å². The Hall–Kier alpha value is -1.97. The van der Waals surface area contributed by atoms with Crippen molar-refractivity contribution in [3.05, 3.63) is 96.1 Å². The molecule has 0 heterocycles. The van der Waals surface area contributed by atoms with Crippen LogP contribution < -0.4 is 5.32 Å². The van der Waals surface area contributed by atoms with Crippen molar-refractivity contribution in [1.82, 2.24) is 5.32 Å². The Labute approximate surface area is 148 Å². The van der Waals surface area contributed by atoms with Gasteiger partial charge in [-0.15, -0.1) is 0 Å². The van der Waals surface area contributed by atoms with E-state index >= 15 is 0 Å². The van der Waals surface area contributed by atoms with Gasteiger partial charge in [0.15, 0.2) is 5.72 Å². The van der Waals surface area contributed by atoms with E-state index < -0.39 is 13.3 Å². The van der Waals surface area contributed by atoms with Gasteiger partial charge in [0.25, 0.3) is 0 Å². The van der Waals surface area contributed by atoms with Gasteiger partial charge in [0.2, 0.25) is 0 Å². The summed E-state index contributed by atoms with van der Waals surface area (Å²) in [5.41, 5.74) is 1.08. The zero-order valence-electron chi connectivity index (χ0n) is 14.1. The van der Waals surface area contributed by atoms with Gasteiger partial charge in [-0.3, -0.25) is 14.4 Å². The standard InChI is InChI=1S/C20H22NO3P/c1-25(22,23)24-20(15-9-4-10-16-20)21-19(17-11-5-2-6-12-17)18-13-7-3-8-14-18/h2-15,19,21H,16H2,1H3,(H,22,23)/t20-/m1/s1. The van der Waals surface area contributed by atoms with E-state index in [1.807, 2.05) is 78.9 Å². The highest BCUT2D eigenvalue weighted by Crippen LogP contribution is 2.44. The van der Waals surface area contributed by atoms with Crippen LogP contribution >= 0.6 is 7.60 Å². The minimum atomic E-state index is -3.69. The van der Waals surface area contributed by atoms with E-state index in [4.69, 9.17) is 4.52 Å². The van der Waals surface area contributed by atoms with Crippen LogP contribution in [0.25, 0.3) is 0 Å². The second kappa shape index (κ2) is 7.51. The van der Waals surface area contributed by atoms with Gasteiger partial charge in [0.05, 0.1) is 6.04 Å². The van der Waals surface area contributed by atoms with E-state index in [-0.39, 0.29) is 6.04 Å². The first kappa shape index (κ1) is 17.8. The van der Waals surface area contributed by atoms with Crippen LogP contribution in [0, 0.1) is 0 Å². The average Bonchev–Trinajstić information content (AvgIpc) is 2.61. The maximum absolute atomic E-state index is 12.0. The molecule has 0 amide bonds. The molecule has 2 aromatic rings. The molecule has 2 N–H and O–H groups in total. The molecule has 2 aromatic carbocycles. The van der Waals surface area contributed by atoms with Gasteiger partial charge in [-0.25, -0.2) is 0 Å². The Morgan fingerprint density at radius 3 is 2.04 bits per heavy atom. The number of nitrogens with one attached hydrogen (secondary N) is 1. The predicted octanol–water partition coefficient (Wildman–Crippen LogP) is 4.41. The second-order valence-corrected chi connectivity index (χ2v) is 7.96. The molecule has 1 aliphatic rings. The minimum absolute atomic E-state index is 0.176.